The first-order valence-corrected chi connectivity index (χ1v) is 6.74. The summed E-state index contributed by atoms with van der Waals surface area (Å²) in [6, 6.07) is 3.62. The second-order valence-electron chi connectivity index (χ2n) is 5.02. The standard InChI is InChI=1S/C14H18FN3O3/c1-8(13(19)18-14(16)20)21-12-5-2-10(15)6-9(12)7-17-11-3-4-11/h2,5-6,8,11,17H,3-4,7H2,1H3,(H3,16,18,19,20). The summed E-state index contributed by atoms with van der Waals surface area (Å²) in [6.07, 6.45) is 1.31. The molecule has 1 aromatic carbocycles. The fraction of sp³-hybridized carbons (Fsp3) is 0.429. The lowest BCUT2D eigenvalue weighted by molar-refractivity contribution is -0.126. The number of benzene rings is 1. The molecule has 7 heteroatoms. The predicted octanol–water partition coefficient (Wildman–Crippen LogP) is 1.04. The Kier molecular flexibility index (Phi) is 4.74. The second-order valence-corrected chi connectivity index (χ2v) is 5.02. The van der Waals surface area contributed by atoms with E-state index >= 15 is 0 Å². The first-order chi connectivity index (χ1) is 9.95. The van der Waals surface area contributed by atoms with E-state index in [1.165, 1.54) is 25.1 Å². The number of ether oxygens (including phenoxy) is 1. The third-order valence-electron chi connectivity index (χ3n) is 3.10. The van der Waals surface area contributed by atoms with Gasteiger partial charge in [0.15, 0.2) is 6.10 Å². The van der Waals surface area contributed by atoms with Gasteiger partial charge in [-0.3, -0.25) is 10.1 Å². The number of carbonyl (C=O) groups is 2. The highest BCUT2D eigenvalue weighted by Gasteiger charge is 2.22. The largest absolute Gasteiger partial charge is 0.481 e. The lowest BCUT2D eigenvalue weighted by Gasteiger charge is -2.17. The van der Waals surface area contributed by atoms with Gasteiger partial charge in [-0.15, -0.1) is 0 Å². The van der Waals surface area contributed by atoms with Gasteiger partial charge in [-0.2, -0.15) is 0 Å². The Labute approximate surface area is 121 Å². The van der Waals surface area contributed by atoms with E-state index in [-0.39, 0.29) is 5.82 Å². The third kappa shape index (κ3) is 4.71. The molecule has 1 atom stereocenters. The molecule has 114 valence electrons. The van der Waals surface area contributed by atoms with Crippen molar-refractivity contribution >= 4 is 11.9 Å². The van der Waals surface area contributed by atoms with E-state index in [9.17, 15) is 14.0 Å². The zero-order valence-corrected chi connectivity index (χ0v) is 11.7. The number of hydrogen-bond donors (Lipinski definition) is 3. The van der Waals surface area contributed by atoms with Crippen LogP contribution >= 0.6 is 0 Å². The van der Waals surface area contributed by atoms with Crippen molar-refractivity contribution in [1.82, 2.24) is 10.6 Å². The highest BCUT2D eigenvalue weighted by molar-refractivity contribution is 5.95. The molecule has 0 aliphatic heterocycles. The Bertz CT molecular complexity index is 546. The molecule has 1 saturated carbocycles. The summed E-state index contributed by atoms with van der Waals surface area (Å²) in [5.41, 5.74) is 5.50. The molecule has 1 aromatic rings. The first-order valence-electron chi connectivity index (χ1n) is 6.74. The Morgan fingerprint density at radius 1 is 1.48 bits per heavy atom. The Morgan fingerprint density at radius 3 is 2.81 bits per heavy atom. The van der Waals surface area contributed by atoms with Crippen molar-refractivity contribution in [3.05, 3.63) is 29.6 Å². The number of hydrogen-bond acceptors (Lipinski definition) is 4. The molecule has 6 nitrogen and oxygen atoms in total. The fourth-order valence-electron chi connectivity index (χ4n) is 1.81. The summed E-state index contributed by atoms with van der Waals surface area (Å²) in [5.74, 6) is -0.617. The zero-order chi connectivity index (χ0) is 15.4. The van der Waals surface area contributed by atoms with E-state index in [2.05, 4.69) is 5.32 Å². The molecule has 0 heterocycles. The van der Waals surface area contributed by atoms with Gasteiger partial charge in [0.25, 0.3) is 5.91 Å². The van der Waals surface area contributed by atoms with Crippen molar-refractivity contribution in [1.29, 1.82) is 0 Å². The Balaban J connectivity index is 2.03. The van der Waals surface area contributed by atoms with Crippen molar-refractivity contribution in [3.63, 3.8) is 0 Å². The van der Waals surface area contributed by atoms with Crippen LogP contribution in [0, 0.1) is 5.82 Å². The lowest BCUT2D eigenvalue weighted by atomic mass is 10.2. The number of nitrogens with two attached hydrogens (primary N) is 1. The normalized spacial score (nSPS) is 15.3. The fourth-order valence-corrected chi connectivity index (χ4v) is 1.81. The van der Waals surface area contributed by atoms with Gasteiger partial charge >= 0.3 is 6.03 Å². The average molecular weight is 295 g/mol. The summed E-state index contributed by atoms with van der Waals surface area (Å²) in [4.78, 5) is 22.2. The second kappa shape index (κ2) is 6.53. The van der Waals surface area contributed by atoms with Crippen LogP contribution < -0.4 is 21.1 Å². The van der Waals surface area contributed by atoms with Crippen LogP contribution in [0.5, 0.6) is 5.75 Å². The molecule has 0 aromatic heterocycles. The molecule has 1 fully saturated rings. The molecule has 1 aliphatic carbocycles. The average Bonchev–Trinajstić information content (AvgIpc) is 3.22. The summed E-state index contributed by atoms with van der Waals surface area (Å²) >= 11 is 0. The third-order valence-corrected chi connectivity index (χ3v) is 3.10. The number of carbonyl (C=O) groups excluding carboxylic acids is 2. The molecule has 3 amide bonds. The van der Waals surface area contributed by atoms with Crippen LogP contribution in [0.3, 0.4) is 0 Å². The molecule has 1 aliphatic rings. The number of amides is 3. The topological polar surface area (TPSA) is 93.4 Å². The number of nitrogens with one attached hydrogen (secondary N) is 2. The van der Waals surface area contributed by atoms with E-state index in [1.807, 2.05) is 5.32 Å². The van der Waals surface area contributed by atoms with Gasteiger partial charge < -0.3 is 15.8 Å². The summed E-state index contributed by atoms with van der Waals surface area (Å²) in [7, 11) is 0. The molecular weight excluding hydrogens is 277 g/mol. The van der Waals surface area contributed by atoms with Gasteiger partial charge in [-0.1, -0.05) is 0 Å². The van der Waals surface area contributed by atoms with Crippen molar-refractivity contribution in [3.8, 4) is 5.75 Å². The summed E-state index contributed by atoms with van der Waals surface area (Å²) in [5, 5.41) is 5.19. The molecule has 0 radical (unpaired) electrons. The first kappa shape index (κ1) is 15.2. The van der Waals surface area contributed by atoms with Gasteiger partial charge in [0.1, 0.15) is 11.6 Å². The maximum absolute atomic E-state index is 13.3. The maximum atomic E-state index is 13.3. The summed E-state index contributed by atoms with van der Waals surface area (Å²) in [6.45, 7) is 1.95. The minimum absolute atomic E-state index is 0.371. The van der Waals surface area contributed by atoms with E-state index in [0.29, 0.717) is 23.9 Å². The van der Waals surface area contributed by atoms with Crippen molar-refractivity contribution < 1.29 is 18.7 Å². The van der Waals surface area contributed by atoms with Crippen molar-refractivity contribution in [2.24, 2.45) is 5.73 Å². The molecule has 0 spiro atoms. The van der Waals surface area contributed by atoms with Crippen LogP contribution in [-0.2, 0) is 11.3 Å². The minimum Gasteiger partial charge on any atom is -0.481 e. The molecule has 2 rings (SSSR count). The lowest BCUT2D eigenvalue weighted by Crippen LogP contribution is -2.42. The SMILES string of the molecule is CC(Oc1ccc(F)cc1CNC1CC1)C(=O)NC(N)=O. The van der Waals surface area contributed by atoms with Crippen LogP contribution in [0.4, 0.5) is 9.18 Å². The number of urea groups is 1. The zero-order valence-electron chi connectivity index (χ0n) is 11.7. The van der Waals surface area contributed by atoms with Crippen LogP contribution in [0.25, 0.3) is 0 Å². The number of halogens is 1. The van der Waals surface area contributed by atoms with E-state index in [4.69, 9.17) is 10.5 Å². The van der Waals surface area contributed by atoms with E-state index in [0.717, 1.165) is 12.8 Å². The molecule has 4 N–H and O–H groups in total. The van der Waals surface area contributed by atoms with Crippen LogP contribution in [0.15, 0.2) is 18.2 Å². The highest BCUT2D eigenvalue weighted by Crippen LogP contribution is 2.24. The van der Waals surface area contributed by atoms with E-state index < -0.39 is 18.0 Å². The summed E-state index contributed by atoms with van der Waals surface area (Å²) < 4.78 is 18.8. The van der Waals surface area contributed by atoms with Gasteiger partial charge in [0, 0.05) is 18.2 Å². The molecule has 21 heavy (non-hydrogen) atoms. The number of primary amides is 1. The molecule has 0 bridgehead atoms. The molecular formula is C14H18FN3O3. The van der Waals surface area contributed by atoms with Crippen molar-refractivity contribution in [2.75, 3.05) is 0 Å². The van der Waals surface area contributed by atoms with Crippen molar-refractivity contribution in [2.45, 2.75) is 38.5 Å². The quantitative estimate of drug-likeness (QED) is 0.731. The predicted molar refractivity (Wildman–Crippen MR) is 74.1 cm³/mol. The van der Waals surface area contributed by atoms with Gasteiger partial charge in [-0.25, -0.2) is 9.18 Å². The molecule has 1 unspecified atom stereocenters. The maximum Gasteiger partial charge on any atom is 0.318 e. The van der Waals surface area contributed by atoms with Gasteiger partial charge in [0.2, 0.25) is 0 Å². The van der Waals surface area contributed by atoms with E-state index in [1.54, 1.807) is 0 Å². The number of imide groups is 1. The highest BCUT2D eigenvalue weighted by atomic mass is 19.1. The number of rotatable bonds is 6. The van der Waals surface area contributed by atoms with Gasteiger partial charge in [-0.05, 0) is 38.0 Å². The van der Waals surface area contributed by atoms with Crippen LogP contribution in [0.2, 0.25) is 0 Å². The monoisotopic (exact) mass is 295 g/mol. The van der Waals surface area contributed by atoms with Gasteiger partial charge in [0.05, 0.1) is 0 Å². The smallest absolute Gasteiger partial charge is 0.318 e. The van der Waals surface area contributed by atoms with Crippen LogP contribution in [-0.4, -0.2) is 24.1 Å². The Morgan fingerprint density at radius 2 is 2.19 bits per heavy atom. The molecule has 0 saturated heterocycles. The Hall–Kier alpha value is -2.15. The van der Waals surface area contributed by atoms with Crippen LogP contribution in [0.1, 0.15) is 25.3 Å². The minimum atomic E-state index is -0.940.